The first-order valence-corrected chi connectivity index (χ1v) is 20.6. The second-order valence-electron chi connectivity index (χ2n) is 14.5. The van der Waals surface area contributed by atoms with E-state index in [0.29, 0.717) is 0 Å². The summed E-state index contributed by atoms with van der Waals surface area (Å²) in [4.78, 5) is 2.65. The smallest absolute Gasteiger partial charge is 0.372 e. The summed E-state index contributed by atoms with van der Waals surface area (Å²) in [5.74, 6) is -26.6. The Morgan fingerprint density at radius 2 is 0.650 bits per heavy atom. The Labute approximate surface area is 344 Å². The van der Waals surface area contributed by atoms with Crippen LogP contribution in [0, 0.1) is 58.2 Å². The summed E-state index contributed by atoms with van der Waals surface area (Å²) in [5, 5.41) is 7.01. The minimum Gasteiger partial charge on any atom is -0.372 e. The number of anilines is 1. The summed E-state index contributed by atoms with van der Waals surface area (Å²) in [6.45, 7) is 7.07. The fourth-order valence-corrected chi connectivity index (χ4v) is 6.24. The Balaban J connectivity index is 0.000000536. The number of para-hydroxylation sites is 1. The van der Waals surface area contributed by atoms with Crippen LogP contribution in [0.15, 0.2) is 30.3 Å². The summed E-state index contributed by atoms with van der Waals surface area (Å²) < 4.78 is 174. The average Bonchev–Trinajstić information content (AvgIpc) is 3.23. The van der Waals surface area contributed by atoms with Crippen LogP contribution in [0.1, 0.15) is 142 Å². The van der Waals surface area contributed by atoms with Crippen LogP contribution in [0.5, 0.6) is 0 Å². The Bertz CT molecular complexity index is 1490. The topological polar surface area (TPSA) is 23.5 Å². The predicted molar refractivity (Wildman–Crippen MR) is 207 cm³/mol. The molecule has 60 heavy (non-hydrogen) atoms. The quantitative estimate of drug-likeness (QED) is 0.0397. The van der Waals surface area contributed by atoms with Gasteiger partial charge in [-0.05, 0) is 25.0 Å². The van der Waals surface area contributed by atoms with E-state index < -0.39 is 81.8 Å². The molecule has 0 aromatic heterocycles. The van der Waals surface area contributed by atoms with Crippen LogP contribution in [0.2, 0.25) is 0 Å². The third-order valence-electron chi connectivity index (χ3n) is 9.62. The highest BCUT2D eigenvalue weighted by atomic mass is 19.3. The molecule has 0 aliphatic rings. The molecule has 1 N–H and O–H groups in total. The zero-order valence-corrected chi connectivity index (χ0v) is 34.2. The van der Waals surface area contributed by atoms with Crippen LogP contribution in [0.4, 0.5) is 67.2 Å². The molecule has 0 amide bonds. The van der Waals surface area contributed by atoms with Gasteiger partial charge in [-0.1, -0.05) is 148 Å². The minimum absolute atomic E-state index is 1.23. The van der Waals surface area contributed by atoms with Crippen molar-refractivity contribution in [3.63, 3.8) is 0 Å². The van der Waals surface area contributed by atoms with E-state index in [4.69, 9.17) is 5.11 Å². The molecule has 16 heteroatoms. The second kappa shape index (κ2) is 29.7. The maximum Gasteiger partial charge on any atom is 0.414 e. The highest BCUT2D eigenvalue weighted by Gasteiger charge is 2.37. The van der Waals surface area contributed by atoms with Gasteiger partial charge in [0.25, 0.3) is 0 Å². The molecule has 0 heterocycles. The van der Waals surface area contributed by atoms with Gasteiger partial charge in [0.05, 0.1) is 11.1 Å². The largest absolute Gasteiger partial charge is 0.414 e. The number of hydrogen-bond donors (Lipinski definition) is 1. The standard InChI is InChI=1S/C30H55N.C12F10.C2H2F4O/c1-3-5-7-9-11-13-15-17-19-24-28-31(30-26-22-21-23-27-30)29-25-20-18-16-14-12-10-8-6-4-2;13-3-1(4(14)8(18)11(21)7(3)17)2-5(15)9(19)12(22)10(20)6(2)16;3-1(4)2(5,6)7/h21-23,26-27H,3-20,24-25,28-29H2,1-2H3;;1,7H. The molecule has 3 rings (SSSR count). The number of alkyl halides is 4. The maximum absolute atomic E-state index is 13.4. The maximum atomic E-state index is 13.4. The molecule has 3 aromatic rings. The molecule has 0 saturated carbocycles. The van der Waals surface area contributed by atoms with Crippen molar-refractivity contribution in [2.45, 2.75) is 155 Å². The third kappa shape index (κ3) is 19.0. The van der Waals surface area contributed by atoms with E-state index in [-0.39, 0.29) is 0 Å². The summed E-state index contributed by atoms with van der Waals surface area (Å²) in [6, 6.07) is 11.1. The van der Waals surface area contributed by atoms with Crippen LogP contribution >= 0.6 is 0 Å². The lowest BCUT2D eigenvalue weighted by molar-refractivity contribution is -0.271. The molecule has 0 bridgehead atoms. The van der Waals surface area contributed by atoms with E-state index in [0.717, 1.165) is 0 Å². The molecule has 3 aromatic carbocycles. The molecule has 2 nitrogen and oxygen atoms in total. The lowest BCUT2D eigenvalue weighted by atomic mass is 10.0. The Morgan fingerprint density at radius 3 is 0.900 bits per heavy atom. The molecule has 0 atom stereocenters. The van der Waals surface area contributed by atoms with Crippen molar-refractivity contribution >= 4 is 5.69 Å². The molecular formula is C44H57F14NO. The van der Waals surface area contributed by atoms with Crippen LogP contribution in [-0.4, -0.2) is 30.7 Å². The van der Waals surface area contributed by atoms with Gasteiger partial charge in [0.2, 0.25) is 11.6 Å². The van der Waals surface area contributed by atoms with Crippen LogP contribution in [0.3, 0.4) is 0 Å². The van der Waals surface area contributed by atoms with E-state index in [9.17, 15) is 61.5 Å². The van der Waals surface area contributed by atoms with Gasteiger partial charge in [0.15, 0.2) is 46.5 Å². The van der Waals surface area contributed by atoms with Crippen molar-refractivity contribution in [2.24, 2.45) is 0 Å². The SMILES string of the molecule is CCCCCCCCCCCCN(CCCCCCCCCCCC)c1ccccc1.Fc1c(F)c(F)c(-c2c(F)c(F)c(F)c(F)c2F)c(F)c1F.OC(F)(F)C(F)F. The monoisotopic (exact) mass is 881 g/mol. The summed E-state index contributed by atoms with van der Waals surface area (Å²) in [5.41, 5.74) is -3.09. The Morgan fingerprint density at radius 1 is 0.417 bits per heavy atom. The molecular weight excluding hydrogens is 824 g/mol. The lowest BCUT2D eigenvalue weighted by Crippen LogP contribution is -2.25. The van der Waals surface area contributed by atoms with Gasteiger partial charge >= 0.3 is 12.5 Å². The molecule has 0 aliphatic heterocycles. The van der Waals surface area contributed by atoms with Crippen LogP contribution < -0.4 is 4.90 Å². The van der Waals surface area contributed by atoms with Gasteiger partial charge in [0.1, 0.15) is 0 Å². The van der Waals surface area contributed by atoms with E-state index in [2.05, 4.69) is 49.1 Å². The van der Waals surface area contributed by atoms with Gasteiger partial charge in [-0.15, -0.1) is 0 Å². The van der Waals surface area contributed by atoms with Gasteiger partial charge in [0, 0.05) is 18.8 Å². The fraction of sp³-hybridized carbons (Fsp3) is 0.591. The first kappa shape index (κ1) is 54.5. The molecule has 0 radical (unpaired) electrons. The van der Waals surface area contributed by atoms with Gasteiger partial charge < -0.3 is 10.0 Å². The number of rotatable bonds is 25. The third-order valence-corrected chi connectivity index (χ3v) is 9.62. The number of hydrogen-bond acceptors (Lipinski definition) is 2. The average molecular weight is 882 g/mol. The van der Waals surface area contributed by atoms with Crippen molar-refractivity contribution in [2.75, 3.05) is 18.0 Å². The molecule has 0 unspecified atom stereocenters. The van der Waals surface area contributed by atoms with Crippen LogP contribution in [0.25, 0.3) is 11.1 Å². The van der Waals surface area contributed by atoms with Gasteiger partial charge in [-0.25, -0.2) is 52.7 Å². The lowest BCUT2D eigenvalue weighted by Gasteiger charge is -2.25. The summed E-state index contributed by atoms with van der Waals surface area (Å²) >= 11 is 0. The molecule has 0 aliphatic carbocycles. The van der Waals surface area contributed by atoms with Gasteiger partial charge in [-0.3, -0.25) is 0 Å². The number of aliphatic hydroxyl groups is 1. The molecule has 0 fully saturated rings. The number of benzene rings is 3. The molecule has 0 saturated heterocycles. The van der Waals surface area contributed by atoms with E-state index in [1.165, 1.54) is 147 Å². The number of unbranched alkanes of at least 4 members (excludes halogenated alkanes) is 18. The number of halogens is 14. The molecule has 0 spiro atoms. The van der Waals surface area contributed by atoms with E-state index in [1.807, 2.05) is 0 Å². The minimum atomic E-state index is -4.83. The predicted octanol–water partition coefficient (Wildman–Crippen LogP) is 15.9. The van der Waals surface area contributed by atoms with Crippen molar-refractivity contribution in [1.29, 1.82) is 0 Å². The number of nitrogens with zero attached hydrogens (tertiary/aromatic N) is 1. The highest BCUT2D eigenvalue weighted by Crippen LogP contribution is 2.37. The van der Waals surface area contributed by atoms with Crippen molar-refractivity contribution in [3.05, 3.63) is 88.5 Å². The van der Waals surface area contributed by atoms with Gasteiger partial charge in [-0.2, -0.15) is 8.78 Å². The van der Waals surface area contributed by atoms with E-state index >= 15 is 0 Å². The fourth-order valence-electron chi connectivity index (χ4n) is 6.24. The van der Waals surface area contributed by atoms with Crippen molar-refractivity contribution < 1.29 is 66.6 Å². The first-order valence-electron chi connectivity index (χ1n) is 20.6. The van der Waals surface area contributed by atoms with Crippen molar-refractivity contribution in [1.82, 2.24) is 0 Å². The summed E-state index contributed by atoms with van der Waals surface area (Å²) in [6.07, 6.45) is 19.6. The normalized spacial score (nSPS) is 11.4. The second-order valence-corrected chi connectivity index (χ2v) is 14.5. The zero-order valence-electron chi connectivity index (χ0n) is 34.2. The van der Waals surface area contributed by atoms with E-state index in [1.54, 1.807) is 0 Å². The Kier molecular flexibility index (Phi) is 26.9. The Hall–Kier alpha value is -3.56. The molecule has 342 valence electrons. The zero-order chi connectivity index (χ0) is 45.3. The summed E-state index contributed by atoms with van der Waals surface area (Å²) in [7, 11) is 0. The highest BCUT2D eigenvalue weighted by molar-refractivity contribution is 5.67. The van der Waals surface area contributed by atoms with Crippen molar-refractivity contribution in [3.8, 4) is 11.1 Å². The van der Waals surface area contributed by atoms with Crippen LogP contribution in [-0.2, 0) is 0 Å². The first-order chi connectivity index (χ1) is 28.4.